The summed E-state index contributed by atoms with van der Waals surface area (Å²) in [6.45, 7) is 1.51. The van der Waals surface area contributed by atoms with Gasteiger partial charge in [0.05, 0.1) is 19.9 Å². The van der Waals surface area contributed by atoms with E-state index in [4.69, 9.17) is 22.0 Å². The van der Waals surface area contributed by atoms with Gasteiger partial charge in [0, 0.05) is 24.7 Å². The van der Waals surface area contributed by atoms with Gasteiger partial charge in [-0.1, -0.05) is 18.8 Å². The van der Waals surface area contributed by atoms with Gasteiger partial charge in [0.25, 0.3) is 17.5 Å². The van der Waals surface area contributed by atoms with E-state index in [1.165, 1.54) is 30.3 Å². The monoisotopic (exact) mass is 564 g/mol. The van der Waals surface area contributed by atoms with Crippen LogP contribution < -0.4 is 36.0 Å². The standard InChI is InChI=1S/C29H37FN8O3/c1-4-29(30)18-37(21-9-5-6-10-21)25-23(36(2)27(29)40)17-33-28(35-25)38(31)22-12-11-19(16-24(22)41-3)26(39)34-20-8-7-14-32-15-13-20/h1,11-12,16-17,20-21,32H,5-10,13-15,18,31H2,2-3H3,(H,34,39)/t20?,29-/m1/s1. The summed E-state index contributed by atoms with van der Waals surface area (Å²) in [6.07, 6.45) is 13.4. The summed E-state index contributed by atoms with van der Waals surface area (Å²) in [7, 11) is 2.96. The fraction of sp³-hybridized carbons (Fsp3) is 0.517. The third kappa shape index (κ3) is 5.64. The van der Waals surface area contributed by atoms with Crippen LogP contribution in [0.5, 0.6) is 5.75 Å². The molecule has 0 bridgehead atoms. The second-order valence-corrected chi connectivity index (χ2v) is 10.9. The molecule has 0 radical (unpaired) electrons. The lowest BCUT2D eigenvalue weighted by Crippen LogP contribution is -2.50. The van der Waals surface area contributed by atoms with Crippen molar-refractivity contribution in [2.45, 2.75) is 62.7 Å². The minimum atomic E-state index is -2.51. The van der Waals surface area contributed by atoms with Gasteiger partial charge in [0.2, 0.25) is 5.95 Å². The van der Waals surface area contributed by atoms with Crippen molar-refractivity contribution in [3.05, 3.63) is 30.0 Å². The van der Waals surface area contributed by atoms with Crippen LogP contribution in [0.4, 0.5) is 27.5 Å². The number of carbonyl (C=O) groups is 2. The average Bonchev–Trinajstić information content (AvgIpc) is 3.39. The van der Waals surface area contributed by atoms with Gasteiger partial charge in [-0.05, 0) is 63.4 Å². The molecule has 218 valence electrons. The first kappa shape index (κ1) is 28.6. The van der Waals surface area contributed by atoms with Crippen molar-refractivity contribution >= 4 is 35.0 Å². The first-order valence-electron chi connectivity index (χ1n) is 14.1. The first-order valence-corrected chi connectivity index (χ1v) is 14.1. The van der Waals surface area contributed by atoms with Crippen molar-refractivity contribution in [3.8, 4) is 18.1 Å². The van der Waals surface area contributed by atoms with E-state index in [0.29, 0.717) is 28.5 Å². The molecular weight excluding hydrogens is 527 g/mol. The van der Waals surface area contributed by atoms with Crippen molar-refractivity contribution in [1.82, 2.24) is 20.6 Å². The predicted molar refractivity (Wildman–Crippen MR) is 155 cm³/mol. The van der Waals surface area contributed by atoms with Crippen molar-refractivity contribution in [1.29, 1.82) is 0 Å². The van der Waals surface area contributed by atoms with E-state index in [1.807, 2.05) is 0 Å². The number of rotatable bonds is 6. The molecule has 1 aliphatic carbocycles. The number of carbonyl (C=O) groups excluding carboxylic acids is 2. The molecule has 3 aliphatic rings. The molecule has 5 rings (SSSR count). The Bertz CT molecular complexity index is 1340. The van der Waals surface area contributed by atoms with E-state index in [1.54, 1.807) is 23.1 Å². The summed E-state index contributed by atoms with van der Waals surface area (Å²) in [4.78, 5) is 38.1. The molecule has 1 saturated carbocycles. The molecule has 2 aromatic rings. The zero-order valence-electron chi connectivity index (χ0n) is 23.5. The Labute approximate surface area is 239 Å². The quantitative estimate of drug-likeness (QED) is 0.275. The maximum absolute atomic E-state index is 15.8. The Morgan fingerprint density at radius 2 is 2.05 bits per heavy atom. The van der Waals surface area contributed by atoms with Crippen LogP contribution in [0.3, 0.4) is 0 Å². The zero-order chi connectivity index (χ0) is 29.1. The van der Waals surface area contributed by atoms with E-state index in [-0.39, 0.29) is 30.5 Å². The Morgan fingerprint density at radius 3 is 2.78 bits per heavy atom. The van der Waals surface area contributed by atoms with Crippen LogP contribution >= 0.6 is 0 Å². The normalized spacial score (nSPS) is 23.3. The molecule has 1 unspecified atom stereocenters. The van der Waals surface area contributed by atoms with Gasteiger partial charge < -0.3 is 25.2 Å². The SMILES string of the molecule is C#C[C@@]1(F)CN(C2CCCC2)c2nc(N(N)c3ccc(C(=O)NC4CCCNCC4)cc3OC)ncc2N(C)C1=O. The summed E-state index contributed by atoms with van der Waals surface area (Å²) in [5.74, 6) is 8.42. The van der Waals surface area contributed by atoms with Crippen LogP contribution in [0, 0.1) is 12.3 Å². The molecule has 4 N–H and O–H groups in total. The lowest BCUT2D eigenvalue weighted by atomic mass is 10.0. The van der Waals surface area contributed by atoms with Crippen LogP contribution in [0.2, 0.25) is 0 Å². The number of halogens is 1. The molecule has 0 spiro atoms. The van der Waals surface area contributed by atoms with Crippen LogP contribution in [0.15, 0.2) is 24.4 Å². The van der Waals surface area contributed by atoms with Gasteiger partial charge in [-0.25, -0.2) is 20.2 Å². The van der Waals surface area contributed by atoms with Crippen LogP contribution in [0.1, 0.15) is 55.3 Å². The maximum atomic E-state index is 15.8. The second kappa shape index (κ2) is 11.9. The highest BCUT2D eigenvalue weighted by Gasteiger charge is 2.47. The molecule has 1 saturated heterocycles. The molecule has 2 atom stereocenters. The number of nitrogens with zero attached hydrogens (tertiary/aromatic N) is 5. The summed E-state index contributed by atoms with van der Waals surface area (Å²) in [5, 5.41) is 7.71. The molecule has 2 amide bonds. The third-order valence-electron chi connectivity index (χ3n) is 8.22. The topological polar surface area (TPSA) is 129 Å². The average molecular weight is 565 g/mol. The Hall–Kier alpha value is -3.95. The number of hydrogen-bond donors (Lipinski definition) is 3. The van der Waals surface area contributed by atoms with E-state index in [9.17, 15) is 9.59 Å². The van der Waals surface area contributed by atoms with Crippen molar-refractivity contribution in [2.24, 2.45) is 5.84 Å². The molecule has 11 nitrogen and oxygen atoms in total. The third-order valence-corrected chi connectivity index (χ3v) is 8.22. The number of ether oxygens (including phenoxy) is 1. The van der Waals surface area contributed by atoms with Crippen molar-refractivity contribution in [2.75, 3.05) is 48.6 Å². The smallest absolute Gasteiger partial charge is 0.279 e. The molecule has 2 aliphatic heterocycles. The van der Waals surface area contributed by atoms with Crippen molar-refractivity contribution in [3.63, 3.8) is 0 Å². The Morgan fingerprint density at radius 1 is 1.27 bits per heavy atom. The summed E-state index contributed by atoms with van der Waals surface area (Å²) in [6, 6.07) is 5.05. The molecule has 12 heteroatoms. The molecule has 1 aromatic heterocycles. The molecule has 41 heavy (non-hydrogen) atoms. The number of hydrogen-bond acceptors (Lipinski definition) is 9. The largest absolute Gasteiger partial charge is 0.494 e. The summed E-state index contributed by atoms with van der Waals surface area (Å²) in [5.41, 5.74) is -1.29. The Kier molecular flexibility index (Phi) is 8.28. The number of fused-ring (bicyclic) bond motifs is 1. The fourth-order valence-electron chi connectivity index (χ4n) is 5.86. The predicted octanol–water partition coefficient (Wildman–Crippen LogP) is 2.44. The highest BCUT2D eigenvalue weighted by Crippen LogP contribution is 2.40. The number of terminal acetylenes is 1. The van der Waals surface area contributed by atoms with E-state index < -0.39 is 11.6 Å². The number of amides is 2. The van der Waals surface area contributed by atoms with E-state index in [2.05, 4.69) is 21.5 Å². The number of hydrazine groups is 1. The number of alkyl halides is 1. The molecule has 3 heterocycles. The first-order chi connectivity index (χ1) is 19.8. The summed E-state index contributed by atoms with van der Waals surface area (Å²) >= 11 is 0. The van der Waals surface area contributed by atoms with Gasteiger partial charge >= 0.3 is 0 Å². The van der Waals surface area contributed by atoms with E-state index in [0.717, 1.165) is 58.0 Å². The second-order valence-electron chi connectivity index (χ2n) is 10.9. The van der Waals surface area contributed by atoms with Crippen LogP contribution in [0.25, 0.3) is 0 Å². The van der Waals surface area contributed by atoms with Gasteiger partial charge in [0.15, 0.2) is 5.82 Å². The van der Waals surface area contributed by atoms with Crippen LogP contribution in [-0.2, 0) is 4.79 Å². The van der Waals surface area contributed by atoms with E-state index >= 15 is 4.39 Å². The number of anilines is 4. The lowest BCUT2D eigenvalue weighted by Gasteiger charge is -2.32. The highest BCUT2D eigenvalue weighted by atomic mass is 19.1. The van der Waals surface area contributed by atoms with Gasteiger partial charge in [-0.3, -0.25) is 9.59 Å². The number of methoxy groups -OCH3 is 1. The van der Waals surface area contributed by atoms with Crippen molar-refractivity contribution < 1.29 is 18.7 Å². The maximum Gasteiger partial charge on any atom is 0.279 e. The number of benzene rings is 1. The van der Waals surface area contributed by atoms with Gasteiger partial charge in [-0.15, -0.1) is 6.42 Å². The summed E-state index contributed by atoms with van der Waals surface area (Å²) < 4.78 is 21.4. The van der Waals surface area contributed by atoms with Crippen LogP contribution in [-0.4, -0.2) is 73.3 Å². The van der Waals surface area contributed by atoms with Gasteiger partial charge in [0.1, 0.15) is 17.1 Å². The zero-order valence-corrected chi connectivity index (χ0v) is 23.5. The minimum Gasteiger partial charge on any atom is -0.494 e. The molecule has 2 fully saturated rings. The minimum absolute atomic E-state index is 0.0259. The number of nitrogens with two attached hydrogens (primary N) is 1. The Balaban J connectivity index is 1.45. The molecule has 1 aromatic carbocycles. The fourth-order valence-corrected chi connectivity index (χ4v) is 5.86. The van der Waals surface area contributed by atoms with Gasteiger partial charge in [-0.2, -0.15) is 4.98 Å². The lowest BCUT2D eigenvalue weighted by molar-refractivity contribution is -0.125. The molecular formula is C29H37FN8O3. The highest BCUT2D eigenvalue weighted by molar-refractivity contribution is 6.05. The number of aromatic nitrogens is 2. The number of nitrogens with one attached hydrogen (secondary N) is 2.